The largest absolute Gasteiger partial charge is 0.494 e. The Labute approximate surface area is 217 Å². The number of likely N-dealkylation sites (N-methyl/N-ethyl adjacent to an activating group) is 1. The number of carbonyl (C=O) groups is 1. The molecule has 36 heavy (non-hydrogen) atoms. The van der Waals surface area contributed by atoms with Gasteiger partial charge in [-0.15, -0.1) is 0 Å². The second-order valence-corrected chi connectivity index (χ2v) is 9.34. The summed E-state index contributed by atoms with van der Waals surface area (Å²) in [5.74, 6) is 1.88. The Morgan fingerprint density at radius 3 is 2.64 bits per heavy atom. The fraction of sp³-hybridized carbons (Fsp3) is 0.370. The number of nitrogens with zero attached hydrogens (tertiary/aromatic N) is 4. The highest BCUT2D eigenvalue weighted by molar-refractivity contribution is 6.32. The fourth-order valence-corrected chi connectivity index (χ4v) is 4.26. The van der Waals surface area contributed by atoms with Crippen LogP contribution in [0.3, 0.4) is 0 Å². The average Bonchev–Trinajstić information content (AvgIpc) is 2.89. The van der Waals surface area contributed by atoms with Gasteiger partial charge in [-0.05, 0) is 30.3 Å². The number of Topliss-reactive ketones (excluding diaryl/α,β-unsaturated/α-hetero) is 1. The van der Waals surface area contributed by atoms with Gasteiger partial charge in [-0.2, -0.15) is 4.98 Å². The normalized spacial score (nSPS) is 13.9. The predicted molar refractivity (Wildman–Crippen MR) is 146 cm³/mol. The second-order valence-electron chi connectivity index (χ2n) is 8.93. The van der Waals surface area contributed by atoms with E-state index in [9.17, 15) is 4.79 Å². The Kier molecular flexibility index (Phi) is 8.61. The number of ether oxygens (including phenoxy) is 1. The number of methoxy groups -OCH3 is 1. The Balaban J connectivity index is 1.44. The summed E-state index contributed by atoms with van der Waals surface area (Å²) in [5.41, 5.74) is 3.95. The maximum atomic E-state index is 11.8. The van der Waals surface area contributed by atoms with Crippen molar-refractivity contribution in [1.82, 2.24) is 14.9 Å². The van der Waals surface area contributed by atoms with E-state index in [0.29, 0.717) is 36.2 Å². The van der Waals surface area contributed by atoms with Crippen molar-refractivity contribution in [3.63, 3.8) is 0 Å². The first-order chi connectivity index (χ1) is 17.4. The van der Waals surface area contributed by atoms with Crippen LogP contribution in [0.4, 0.5) is 23.1 Å². The molecule has 0 atom stereocenters. The molecule has 0 amide bonds. The summed E-state index contributed by atoms with van der Waals surface area (Å²) < 4.78 is 5.66. The van der Waals surface area contributed by atoms with E-state index in [0.717, 1.165) is 54.4 Å². The van der Waals surface area contributed by atoms with Crippen molar-refractivity contribution < 1.29 is 9.53 Å². The SMILES string of the molecule is CCC(=O)Cc1cccc(CNc2nc(Nc3ccc(N4CCN(C)CC4)cc3OC)ncc2Cl)c1. The molecule has 1 saturated heterocycles. The summed E-state index contributed by atoms with van der Waals surface area (Å²) in [5, 5.41) is 6.96. The first kappa shape index (κ1) is 25.7. The van der Waals surface area contributed by atoms with Crippen molar-refractivity contribution >= 4 is 40.5 Å². The zero-order valence-electron chi connectivity index (χ0n) is 21.1. The number of rotatable bonds is 10. The highest BCUT2D eigenvalue weighted by Gasteiger charge is 2.16. The second kappa shape index (κ2) is 12.1. The van der Waals surface area contributed by atoms with Gasteiger partial charge >= 0.3 is 0 Å². The number of anilines is 4. The van der Waals surface area contributed by atoms with Crippen molar-refractivity contribution in [3.05, 3.63) is 64.8 Å². The molecule has 0 radical (unpaired) electrons. The van der Waals surface area contributed by atoms with Gasteiger partial charge in [0.05, 0.1) is 19.0 Å². The number of carbonyl (C=O) groups excluding carboxylic acids is 1. The molecule has 4 rings (SSSR count). The maximum absolute atomic E-state index is 11.8. The van der Waals surface area contributed by atoms with Gasteiger partial charge in [0.2, 0.25) is 5.95 Å². The van der Waals surface area contributed by atoms with E-state index in [1.165, 1.54) is 0 Å². The molecule has 3 aromatic rings. The van der Waals surface area contributed by atoms with Crippen LogP contribution in [0.2, 0.25) is 5.02 Å². The van der Waals surface area contributed by atoms with Gasteiger partial charge in [0, 0.05) is 57.3 Å². The minimum absolute atomic E-state index is 0.224. The number of benzene rings is 2. The Morgan fingerprint density at radius 1 is 1.11 bits per heavy atom. The van der Waals surface area contributed by atoms with Crippen LogP contribution in [0, 0.1) is 0 Å². The molecule has 1 aliphatic heterocycles. The molecular weight excluding hydrogens is 476 g/mol. The van der Waals surface area contributed by atoms with Crippen LogP contribution in [-0.4, -0.2) is 61.0 Å². The van der Waals surface area contributed by atoms with E-state index in [2.05, 4.69) is 43.5 Å². The summed E-state index contributed by atoms with van der Waals surface area (Å²) in [6.07, 6.45) is 2.56. The smallest absolute Gasteiger partial charge is 0.229 e. The number of halogens is 1. The van der Waals surface area contributed by atoms with Crippen molar-refractivity contribution in [1.29, 1.82) is 0 Å². The third-order valence-electron chi connectivity index (χ3n) is 6.29. The van der Waals surface area contributed by atoms with Gasteiger partial charge in [-0.25, -0.2) is 4.98 Å². The molecule has 2 N–H and O–H groups in total. The molecule has 8 nitrogen and oxygen atoms in total. The Hall–Kier alpha value is -3.36. The maximum Gasteiger partial charge on any atom is 0.229 e. The minimum Gasteiger partial charge on any atom is -0.494 e. The van der Waals surface area contributed by atoms with E-state index in [1.54, 1.807) is 13.3 Å². The standard InChI is InChI=1S/C27H33ClN6O2/c1-4-22(35)15-19-6-5-7-20(14-19)17-29-26-23(28)18-30-27(32-26)31-24-9-8-21(16-25(24)36-3)34-12-10-33(2)11-13-34/h5-9,14,16,18H,4,10-13,15,17H2,1-3H3,(H2,29,30,31,32). The van der Waals surface area contributed by atoms with Gasteiger partial charge in [-0.3, -0.25) is 4.79 Å². The molecule has 0 bridgehead atoms. The van der Waals surface area contributed by atoms with Crippen LogP contribution in [0.15, 0.2) is 48.7 Å². The highest BCUT2D eigenvalue weighted by atomic mass is 35.5. The molecule has 9 heteroatoms. The van der Waals surface area contributed by atoms with E-state index in [-0.39, 0.29) is 5.78 Å². The lowest BCUT2D eigenvalue weighted by Gasteiger charge is -2.34. The summed E-state index contributed by atoms with van der Waals surface area (Å²) in [7, 11) is 3.80. The third kappa shape index (κ3) is 6.65. The molecule has 2 aromatic carbocycles. The first-order valence-electron chi connectivity index (χ1n) is 12.2. The molecule has 190 valence electrons. The molecule has 0 saturated carbocycles. The Morgan fingerprint density at radius 2 is 1.89 bits per heavy atom. The molecular formula is C27H33ClN6O2. The van der Waals surface area contributed by atoms with Crippen molar-refractivity contribution in [2.45, 2.75) is 26.3 Å². The lowest BCUT2D eigenvalue weighted by atomic mass is 10.0. The van der Waals surface area contributed by atoms with Gasteiger partial charge in [0.1, 0.15) is 16.6 Å². The van der Waals surface area contributed by atoms with Gasteiger partial charge in [-0.1, -0.05) is 42.8 Å². The molecule has 0 aliphatic carbocycles. The van der Waals surface area contributed by atoms with E-state index >= 15 is 0 Å². The van der Waals surface area contributed by atoms with Crippen molar-refractivity contribution in [3.8, 4) is 5.75 Å². The van der Waals surface area contributed by atoms with Crippen LogP contribution < -0.4 is 20.3 Å². The number of hydrogen-bond acceptors (Lipinski definition) is 8. The average molecular weight is 509 g/mol. The molecule has 1 fully saturated rings. The number of ketones is 1. The van der Waals surface area contributed by atoms with Gasteiger partial charge in [0.15, 0.2) is 5.82 Å². The quantitative estimate of drug-likeness (QED) is 0.405. The minimum atomic E-state index is 0.224. The fourth-order valence-electron chi connectivity index (χ4n) is 4.10. The molecule has 0 unspecified atom stereocenters. The monoisotopic (exact) mass is 508 g/mol. The summed E-state index contributed by atoms with van der Waals surface area (Å²) in [6, 6.07) is 14.1. The number of aromatic nitrogens is 2. The van der Waals surface area contributed by atoms with E-state index < -0.39 is 0 Å². The van der Waals surface area contributed by atoms with Crippen LogP contribution in [0.5, 0.6) is 5.75 Å². The summed E-state index contributed by atoms with van der Waals surface area (Å²) >= 11 is 6.37. The summed E-state index contributed by atoms with van der Waals surface area (Å²) in [4.78, 5) is 25.4. The van der Waals surface area contributed by atoms with Crippen LogP contribution >= 0.6 is 11.6 Å². The van der Waals surface area contributed by atoms with E-state index in [1.807, 2.05) is 43.3 Å². The Bertz CT molecular complexity index is 1200. The van der Waals surface area contributed by atoms with Gasteiger partial charge in [0.25, 0.3) is 0 Å². The number of piperazine rings is 1. The molecule has 1 aliphatic rings. The van der Waals surface area contributed by atoms with E-state index in [4.69, 9.17) is 16.3 Å². The number of hydrogen-bond donors (Lipinski definition) is 2. The zero-order valence-corrected chi connectivity index (χ0v) is 21.8. The zero-order chi connectivity index (χ0) is 25.5. The first-order valence-corrected chi connectivity index (χ1v) is 12.6. The lowest BCUT2D eigenvalue weighted by molar-refractivity contribution is -0.118. The topological polar surface area (TPSA) is 82.6 Å². The lowest BCUT2D eigenvalue weighted by Crippen LogP contribution is -2.44. The van der Waals surface area contributed by atoms with Crippen molar-refractivity contribution in [2.24, 2.45) is 0 Å². The summed E-state index contributed by atoms with van der Waals surface area (Å²) in [6.45, 7) is 6.45. The highest BCUT2D eigenvalue weighted by Crippen LogP contribution is 2.32. The molecule has 0 spiro atoms. The van der Waals surface area contributed by atoms with Crippen LogP contribution in [0.25, 0.3) is 0 Å². The number of nitrogens with one attached hydrogen (secondary N) is 2. The predicted octanol–water partition coefficient (Wildman–Crippen LogP) is 4.77. The third-order valence-corrected chi connectivity index (χ3v) is 6.57. The van der Waals surface area contributed by atoms with Crippen molar-refractivity contribution in [2.75, 3.05) is 55.9 Å². The van der Waals surface area contributed by atoms with Crippen LogP contribution in [0.1, 0.15) is 24.5 Å². The van der Waals surface area contributed by atoms with Gasteiger partial charge < -0.3 is 25.2 Å². The molecule has 2 heterocycles. The molecule has 1 aromatic heterocycles. The van der Waals surface area contributed by atoms with Crippen LogP contribution in [-0.2, 0) is 17.8 Å².